The van der Waals surface area contributed by atoms with Gasteiger partial charge >= 0.3 is 6.18 Å². The van der Waals surface area contributed by atoms with Crippen LogP contribution >= 0.6 is 9.24 Å². The molecular weight excluding hydrogens is 497 g/mol. The van der Waals surface area contributed by atoms with Crippen LogP contribution in [0.15, 0.2) is 41.6 Å². The summed E-state index contributed by atoms with van der Waals surface area (Å²) in [7, 11) is 1.96. The fraction of sp³-hybridized carbons (Fsp3) is 0.400. The molecule has 36 heavy (non-hydrogen) atoms. The molecule has 0 saturated heterocycles. The second-order valence-electron chi connectivity index (χ2n) is 9.27. The smallest absolute Gasteiger partial charge is 0.374 e. The Morgan fingerprint density at radius 1 is 1.06 bits per heavy atom. The molecular formula is C25H28F4N3O3P. The third-order valence-corrected chi connectivity index (χ3v) is 5.92. The van der Waals surface area contributed by atoms with Gasteiger partial charge in [-0.05, 0) is 51.0 Å². The van der Waals surface area contributed by atoms with E-state index in [4.69, 9.17) is 4.84 Å². The van der Waals surface area contributed by atoms with Gasteiger partial charge in [-0.25, -0.2) is 4.39 Å². The number of carbonyl (C=O) groups is 2. The van der Waals surface area contributed by atoms with Gasteiger partial charge < -0.3 is 15.5 Å². The van der Waals surface area contributed by atoms with E-state index in [9.17, 15) is 27.2 Å². The molecule has 1 aliphatic rings. The van der Waals surface area contributed by atoms with Crippen molar-refractivity contribution in [2.24, 2.45) is 5.16 Å². The number of hydrogen-bond acceptors (Lipinski definition) is 4. The number of alkyl halides is 4. The lowest BCUT2D eigenvalue weighted by Gasteiger charge is -2.30. The summed E-state index contributed by atoms with van der Waals surface area (Å²) >= 11 is 0. The predicted octanol–water partition coefficient (Wildman–Crippen LogP) is 4.60. The molecule has 11 heteroatoms. The molecule has 2 aromatic rings. The molecule has 1 aliphatic heterocycles. The molecule has 1 heterocycles. The Labute approximate surface area is 209 Å². The number of rotatable bonds is 7. The Bertz CT molecular complexity index is 1190. The molecule has 194 valence electrons. The quantitative estimate of drug-likeness (QED) is 0.410. The van der Waals surface area contributed by atoms with E-state index in [1.165, 1.54) is 31.2 Å². The molecule has 0 spiro atoms. The highest BCUT2D eigenvalue weighted by atomic mass is 31.0. The van der Waals surface area contributed by atoms with Crippen molar-refractivity contribution in [3.8, 4) is 0 Å². The zero-order valence-corrected chi connectivity index (χ0v) is 21.5. The maximum absolute atomic E-state index is 14.3. The zero-order valence-electron chi connectivity index (χ0n) is 20.3. The summed E-state index contributed by atoms with van der Waals surface area (Å²) in [5, 5.41) is 6.93. The number of oxime groups is 1. The highest BCUT2D eigenvalue weighted by Gasteiger charge is 2.62. The summed E-state index contributed by atoms with van der Waals surface area (Å²) in [6.07, 6.45) is -5.24. The van der Waals surface area contributed by atoms with Gasteiger partial charge in [0.15, 0.2) is 0 Å². The van der Waals surface area contributed by atoms with Crippen molar-refractivity contribution in [1.82, 2.24) is 10.6 Å². The molecule has 0 radical (unpaired) electrons. The normalized spacial score (nSPS) is 19.2. The SMILES string of the molecule is Cc1cc(C)cc(C2(C(F)(F)F)CC(c3ccc(C(=O)NCC(=O)NCC(C)(F)P)c(C)c3)=NO2)c1. The third kappa shape index (κ3) is 6.22. The lowest BCUT2D eigenvalue weighted by molar-refractivity contribution is -0.275. The first-order chi connectivity index (χ1) is 16.6. The number of aryl methyl sites for hydroxylation is 3. The molecule has 0 bridgehead atoms. The lowest BCUT2D eigenvalue weighted by atomic mass is 9.85. The van der Waals surface area contributed by atoms with Crippen molar-refractivity contribution in [3.05, 3.63) is 69.8 Å². The second kappa shape index (κ2) is 10.2. The monoisotopic (exact) mass is 525 g/mol. The lowest BCUT2D eigenvalue weighted by Crippen LogP contribution is -2.42. The molecule has 0 saturated carbocycles. The maximum atomic E-state index is 14.3. The molecule has 2 aromatic carbocycles. The summed E-state index contributed by atoms with van der Waals surface area (Å²) in [6, 6.07) is 9.16. The third-order valence-electron chi connectivity index (χ3n) is 5.72. The molecule has 0 fully saturated rings. The van der Waals surface area contributed by atoms with Gasteiger partial charge in [-0.15, -0.1) is 0 Å². The van der Waals surface area contributed by atoms with Crippen LogP contribution in [0.5, 0.6) is 0 Å². The van der Waals surface area contributed by atoms with E-state index < -0.39 is 35.4 Å². The van der Waals surface area contributed by atoms with Crippen LogP contribution in [-0.4, -0.2) is 42.2 Å². The number of nitrogens with one attached hydrogen (secondary N) is 2. The largest absolute Gasteiger partial charge is 0.435 e. The second-order valence-corrected chi connectivity index (χ2v) is 10.5. The van der Waals surface area contributed by atoms with Crippen molar-refractivity contribution in [2.75, 3.05) is 13.1 Å². The summed E-state index contributed by atoms with van der Waals surface area (Å²) in [5.41, 5.74) is -0.0622. The van der Waals surface area contributed by atoms with E-state index in [-0.39, 0.29) is 29.9 Å². The minimum Gasteiger partial charge on any atom is -0.374 e. The Balaban J connectivity index is 1.75. The Kier molecular flexibility index (Phi) is 7.79. The van der Waals surface area contributed by atoms with E-state index in [0.29, 0.717) is 22.3 Å². The van der Waals surface area contributed by atoms with E-state index in [2.05, 4.69) is 15.8 Å². The van der Waals surface area contributed by atoms with Gasteiger partial charge in [0.2, 0.25) is 5.91 Å². The average Bonchev–Trinajstić information content (AvgIpc) is 3.22. The van der Waals surface area contributed by atoms with Crippen molar-refractivity contribution < 1.29 is 32.0 Å². The molecule has 0 aliphatic carbocycles. The van der Waals surface area contributed by atoms with Crippen LogP contribution in [0.2, 0.25) is 0 Å². The Morgan fingerprint density at radius 2 is 1.69 bits per heavy atom. The molecule has 2 amide bonds. The highest BCUT2D eigenvalue weighted by Crippen LogP contribution is 2.49. The fourth-order valence-electron chi connectivity index (χ4n) is 3.95. The first-order valence-corrected chi connectivity index (χ1v) is 11.7. The van der Waals surface area contributed by atoms with Crippen molar-refractivity contribution in [3.63, 3.8) is 0 Å². The van der Waals surface area contributed by atoms with Crippen LogP contribution in [0.25, 0.3) is 0 Å². The van der Waals surface area contributed by atoms with E-state index >= 15 is 0 Å². The Morgan fingerprint density at radius 3 is 2.25 bits per heavy atom. The van der Waals surface area contributed by atoms with Crippen LogP contribution in [0, 0.1) is 20.8 Å². The number of benzene rings is 2. The van der Waals surface area contributed by atoms with E-state index in [1.54, 1.807) is 32.9 Å². The molecule has 2 N–H and O–H groups in total. The fourth-order valence-corrected chi connectivity index (χ4v) is 4.06. The maximum Gasteiger partial charge on any atom is 0.435 e. The van der Waals surface area contributed by atoms with Crippen LogP contribution in [0.4, 0.5) is 17.6 Å². The van der Waals surface area contributed by atoms with Crippen molar-refractivity contribution >= 4 is 26.8 Å². The van der Waals surface area contributed by atoms with Gasteiger partial charge in [0.25, 0.3) is 11.5 Å². The number of hydrogen-bond donors (Lipinski definition) is 2. The van der Waals surface area contributed by atoms with E-state index in [1.807, 2.05) is 9.24 Å². The van der Waals surface area contributed by atoms with Gasteiger partial charge in [0, 0.05) is 17.5 Å². The van der Waals surface area contributed by atoms with Gasteiger partial charge in [-0.1, -0.05) is 49.8 Å². The number of carbonyl (C=O) groups excluding carboxylic acids is 2. The minimum atomic E-state index is -4.72. The summed E-state index contributed by atoms with van der Waals surface area (Å²) < 4.78 is 56.3. The summed E-state index contributed by atoms with van der Waals surface area (Å²) in [4.78, 5) is 29.4. The molecule has 3 atom stereocenters. The standard InChI is InChI=1S/C25H28F4N3O3P/c1-14-7-15(2)9-18(8-14)24(25(27,28)29)11-20(32-35-24)17-5-6-19(16(3)10-17)22(34)30-12-21(33)31-13-23(4,26)36/h5-10H,11-13,36H2,1-4H3,(H,30,34)(H,31,33). The van der Waals surface area contributed by atoms with Crippen molar-refractivity contribution in [2.45, 2.75) is 51.3 Å². The summed E-state index contributed by atoms with van der Waals surface area (Å²) in [5.74, 6) is -1.11. The molecule has 6 nitrogen and oxygen atoms in total. The van der Waals surface area contributed by atoms with Gasteiger partial charge in [-0.3, -0.25) is 9.59 Å². The Hall–Kier alpha value is -3.00. The van der Waals surface area contributed by atoms with Gasteiger partial charge in [-0.2, -0.15) is 13.2 Å². The van der Waals surface area contributed by atoms with E-state index in [0.717, 1.165) is 0 Å². The molecule has 0 aromatic heterocycles. The predicted molar refractivity (Wildman–Crippen MR) is 132 cm³/mol. The molecule has 3 rings (SSSR count). The van der Waals surface area contributed by atoms with Crippen LogP contribution in [0.3, 0.4) is 0 Å². The number of halogens is 4. The number of amides is 2. The van der Waals surface area contributed by atoms with Crippen LogP contribution in [0.1, 0.15) is 51.5 Å². The van der Waals surface area contributed by atoms with Crippen molar-refractivity contribution in [1.29, 1.82) is 0 Å². The highest BCUT2D eigenvalue weighted by molar-refractivity contribution is 7.18. The minimum absolute atomic E-state index is 0.0213. The average molecular weight is 525 g/mol. The van der Waals surface area contributed by atoms with Crippen LogP contribution < -0.4 is 10.6 Å². The summed E-state index contributed by atoms with van der Waals surface area (Å²) in [6.45, 7) is 5.75. The molecule has 3 unspecified atom stereocenters. The zero-order chi connectivity index (χ0) is 26.9. The first-order valence-electron chi connectivity index (χ1n) is 11.2. The van der Waals surface area contributed by atoms with Crippen LogP contribution in [-0.2, 0) is 15.2 Å². The first kappa shape index (κ1) is 27.6. The van der Waals surface area contributed by atoms with Gasteiger partial charge in [0.1, 0.15) is 5.41 Å². The number of nitrogens with zero attached hydrogens (tertiary/aromatic N) is 1. The topological polar surface area (TPSA) is 79.8 Å². The van der Waals surface area contributed by atoms with Gasteiger partial charge in [0.05, 0.1) is 18.8 Å².